The van der Waals surface area contributed by atoms with Crippen LogP contribution in [-0.4, -0.2) is 28.9 Å². The van der Waals surface area contributed by atoms with Crippen LogP contribution in [0.2, 0.25) is 0 Å². The van der Waals surface area contributed by atoms with E-state index in [2.05, 4.69) is 5.32 Å². The predicted molar refractivity (Wildman–Crippen MR) is 59.5 cm³/mol. The third-order valence-electron chi connectivity index (χ3n) is 2.12. The van der Waals surface area contributed by atoms with Crippen molar-refractivity contribution in [2.24, 2.45) is 0 Å². The van der Waals surface area contributed by atoms with Crippen LogP contribution in [0.1, 0.15) is 5.56 Å². The second-order valence-electron chi connectivity index (χ2n) is 3.44. The number of rotatable bonds is 5. The molecule has 0 saturated heterocycles. The summed E-state index contributed by atoms with van der Waals surface area (Å²) in [6.45, 7) is 0. The number of carboxylic acids is 1. The molecule has 1 aromatic carbocycles. The summed E-state index contributed by atoms with van der Waals surface area (Å²) in [4.78, 5) is 21.8. The van der Waals surface area contributed by atoms with Crippen molar-refractivity contribution in [3.8, 4) is 5.75 Å². The molecule has 1 unspecified atom stereocenters. The number of aromatic hydroxyl groups is 1. The van der Waals surface area contributed by atoms with Gasteiger partial charge in [-0.2, -0.15) is 0 Å². The average Bonchev–Trinajstić information content (AvgIpc) is 2.30. The van der Waals surface area contributed by atoms with Gasteiger partial charge in [-0.05, 0) is 24.1 Å². The highest BCUT2D eigenvalue weighted by molar-refractivity contribution is 6.27. The molecule has 5 nitrogen and oxygen atoms in total. The van der Waals surface area contributed by atoms with Gasteiger partial charge in [0.25, 0.3) is 0 Å². The van der Waals surface area contributed by atoms with Crippen LogP contribution in [0, 0.1) is 0 Å². The molecule has 2 N–H and O–H groups in total. The molecule has 0 fully saturated rings. The molecule has 0 heterocycles. The first-order valence-electron chi connectivity index (χ1n) is 4.87. The van der Waals surface area contributed by atoms with E-state index in [9.17, 15) is 14.7 Å². The first-order valence-corrected chi connectivity index (χ1v) is 5.40. The van der Waals surface area contributed by atoms with Gasteiger partial charge in [0.1, 0.15) is 11.6 Å². The molecule has 0 radical (unpaired) electrons. The number of phenols is 1. The number of carboxylic acid groups (broad SMARTS) is 1. The van der Waals surface area contributed by atoms with Crippen molar-refractivity contribution in [3.63, 3.8) is 0 Å². The van der Waals surface area contributed by atoms with Crippen molar-refractivity contribution in [1.82, 2.24) is 5.32 Å². The van der Waals surface area contributed by atoms with Crippen molar-refractivity contribution in [2.75, 3.05) is 5.88 Å². The number of benzene rings is 1. The van der Waals surface area contributed by atoms with E-state index in [1.54, 1.807) is 12.1 Å². The number of amides is 1. The smallest absolute Gasteiger partial charge is 0.235 e. The maximum Gasteiger partial charge on any atom is 0.235 e. The van der Waals surface area contributed by atoms with Crippen LogP contribution in [-0.2, 0) is 16.0 Å². The standard InChI is InChI=1S/C11H12ClNO4/c12-6-10(15)13-9(11(16)17)5-7-1-3-8(14)4-2-7/h1-4,9,14H,5-6H2,(H,13,15)(H,16,17)/p-1. The van der Waals surface area contributed by atoms with Crippen LogP contribution >= 0.6 is 11.6 Å². The molecule has 0 aliphatic carbocycles. The highest BCUT2D eigenvalue weighted by atomic mass is 35.5. The molecule has 1 amide bonds. The fraction of sp³-hybridized carbons (Fsp3) is 0.273. The molecule has 6 heteroatoms. The minimum absolute atomic E-state index is 0.0746. The van der Waals surface area contributed by atoms with Crippen molar-refractivity contribution in [2.45, 2.75) is 12.5 Å². The second-order valence-corrected chi connectivity index (χ2v) is 3.71. The summed E-state index contributed by atoms with van der Waals surface area (Å²) in [5.74, 6) is -2.17. The fourth-order valence-electron chi connectivity index (χ4n) is 1.29. The molecule has 0 bridgehead atoms. The van der Waals surface area contributed by atoms with Gasteiger partial charge in [-0.15, -0.1) is 11.6 Å². The Kier molecular flexibility index (Phi) is 4.78. The Balaban J connectivity index is 2.70. The summed E-state index contributed by atoms with van der Waals surface area (Å²) in [5, 5.41) is 22.1. The van der Waals surface area contributed by atoms with Gasteiger partial charge in [0.2, 0.25) is 5.91 Å². The van der Waals surface area contributed by atoms with Crippen LogP contribution in [0.15, 0.2) is 24.3 Å². The van der Waals surface area contributed by atoms with E-state index in [0.717, 1.165) is 0 Å². The number of carbonyl (C=O) groups excluding carboxylic acids is 2. The zero-order valence-electron chi connectivity index (χ0n) is 8.85. The number of halogens is 1. The topological polar surface area (TPSA) is 89.5 Å². The Morgan fingerprint density at radius 2 is 1.94 bits per heavy atom. The van der Waals surface area contributed by atoms with Gasteiger partial charge in [0.15, 0.2) is 0 Å². The van der Waals surface area contributed by atoms with E-state index in [-0.39, 0.29) is 18.1 Å². The number of alkyl halides is 1. The zero-order chi connectivity index (χ0) is 12.8. The van der Waals surface area contributed by atoms with Gasteiger partial charge in [-0.1, -0.05) is 12.1 Å². The Bertz CT molecular complexity index is 404. The highest BCUT2D eigenvalue weighted by Crippen LogP contribution is 2.11. The van der Waals surface area contributed by atoms with Gasteiger partial charge in [-0.3, -0.25) is 4.79 Å². The number of phenolic OH excluding ortho intramolecular Hbond substituents is 1. The molecule has 0 aromatic heterocycles. The lowest BCUT2D eigenvalue weighted by molar-refractivity contribution is -0.308. The van der Waals surface area contributed by atoms with E-state index >= 15 is 0 Å². The van der Waals surface area contributed by atoms with Gasteiger partial charge >= 0.3 is 0 Å². The minimum atomic E-state index is -1.38. The minimum Gasteiger partial charge on any atom is -0.548 e. The van der Waals surface area contributed by atoms with Crippen LogP contribution in [0.4, 0.5) is 0 Å². The lowest BCUT2D eigenvalue weighted by Gasteiger charge is -2.19. The molecule has 0 saturated carbocycles. The lowest BCUT2D eigenvalue weighted by Crippen LogP contribution is -2.49. The molecule has 92 valence electrons. The van der Waals surface area contributed by atoms with Gasteiger partial charge in [0, 0.05) is 0 Å². The van der Waals surface area contributed by atoms with Crippen molar-refractivity contribution >= 4 is 23.5 Å². The lowest BCUT2D eigenvalue weighted by atomic mass is 10.1. The normalized spacial score (nSPS) is 11.8. The van der Waals surface area contributed by atoms with Crippen LogP contribution in [0.25, 0.3) is 0 Å². The molecular formula is C11H11ClNO4-. The number of nitrogens with one attached hydrogen (secondary N) is 1. The first-order chi connectivity index (χ1) is 8.02. The summed E-state index contributed by atoms with van der Waals surface area (Å²) in [6.07, 6.45) is 0.0746. The monoisotopic (exact) mass is 256 g/mol. The molecule has 1 aromatic rings. The van der Waals surface area contributed by atoms with Crippen LogP contribution in [0.5, 0.6) is 5.75 Å². The Morgan fingerprint density at radius 3 is 2.41 bits per heavy atom. The van der Waals surface area contributed by atoms with Crippen LogP contribution < -0.4 is 10.4 Å². The van der Waals surface area contributed by atoms with Crippen LogP contribution in [0.3, 0.4) is 0 Å². The summed E-state index contributed by atoms with van der Waals surface area (Å²) in [5.41, 5.74) is 0.659. The first kappa shape index (κ1) is 13.3. The molecule has 1 atom stereocenters. The SMILES string of the molecule is O=C(CCl)NC(Cc1ccc(O)cc1)C(=O)[O-]. The van der Waals surface area contributed by atoms with E-state index < -0.39 is 17.9 Å². The van der Waals surface area contributed by atoms with Gasteiger partial charge in [0.05, 0.1) is 12.0 Å². The average molecular weight is 257 g/mol. The molecule has 0 aliphatic heterocycles. The second kappa shape index (κ2) is 6.10. The Labute approximate surface area is 103 Å². The molecular weight excluding hydrogens is 246 g/mol. The van der Waals surface area contributed by atoms with E-state index in [1.165, 1.54) is 12.1 Å². The zero-order valence-corrected chi connectivity index (χ0v) is 9.61. The van der Waals surface area contributed by atoms with Gasteiger partial charge < -0.3 is 20.3 Å². The highest BCUT2D eigenvalue weighted by Gasteiger charge is 2.13. The van der Waals surface area contributed by atoms with Crippen molar-refractivity contribution in [1.29, 1.82) is 0 Å². The molecule has 0 spiro atoms. The summed E-state index contributed by atoms with van der Waals surface area (Å²) in [6, 6.07) is 4.87. The third kappa shape index (κ3) is 4.32. The maximum atomic E-state index is 11.0. The molecule has 1 rings (SSSR count). The quantitative estimate of drug-likeness (QED) is 0.689. The third-order valence-corrected chi connectivity index (χ3v) is 2.36. The number of hydrogen-bond donors (Lipinski definition) is 2. The predicted octanol–water partition coefficient (Wildman–Crippen LogP) is -0.592. The van der Waals surface area contributed by atoms with E-state index in [0.29, 0.717) is 5.56 Å². The number of aliphatic carboxylic acids is 1. The summed E-state index contributed by atoms with van der Waals surface area (Å²) < 4.78 is 0. The fourth-order valence-corrected chi connectivity index (χ4v) is 1.37. The van der Waals surface area contributed by atoms with Crippen molar-refractivity contribution < 1.29 is 19.8 Å². The van der Waals surface area contributed by atoms with E-state index in [1.807, 2.05) is 0 Å². The summed E-state index contributed by atoms with van der Waals surface area (Å²) in [7, 11) is 0. The molecule has 0 aliphatic rings. The largest absolute Gasteiger partial charge is 0.548 e. The summed E-state index contributed by atoms with van der Waals surface area (Å²) >= 11 is 5.27. The molecule has 17 heavy (non-hydrogen) atoms. The number of carbonyl (C=O) groups is 2. The Morgan fingerprint density at radius 1 is 1.35 bits per heavy atom. The van der Waals surface area contributed by atoms with E-state index in [4.69, 9.17) is 16.7 Å². The number of hydrogen-bond acceptors (Lipinski definition) is 4. The van der Waals surface area contributed by atoms with Crippen molar-refractivity contribution in [3.05, 3.63) is 29.8 Å². The van der Waals surface area contributed by atoms with Gasteiger partial charge in [-0.25, -0.2) is 0 Å². The maximum absolute atomic E-state index is 11.0. The Hall–Kier alpha value is -1.75.